The fraction of sp³-hybridized carbons (Fsp3) is 0.220. The van der Waals surface area contributed by atoms with Crippen molar-refractivity contribution in [2.45, 2.75) is 6.92 Å². The van der Waals surface area contributed by atoms with E-state index >= 15 is 0 Å². The van der Waals surface area contributed by atoms with Gasteiger partial charge in [0.1, 0.15) is 11.7 Å². The molecule has 0 radical (unpaired) electrons. The van der Waals surface area contributed by atoms with Gasteiger partial charge in [-0.15, -0.1) is 0 Å². The van der Waals surface area contributed by atoms with Crippen LogP contribution in [0, 0.1) is 0 Å². The van der Waals surface area contributed by atoms with E-state index in [0.717, 1.165) is 83.6 Å². The lowest BCUT2D eigenvalue weighted by atomic mass is 10.1. The molecule has 0 unspecified atom stereocenters. The molecular formula is C41H41N11. The molecule has 0 N–H and O–H groups in total. The number of anilines is 4. The topological polar surface area (TPSA) is 75.5 Å². The molecule has 0 aliphatic carbocycles. The lowest BCUT2D eigenvalue weighted by Crippen LogP contribution is -2.43. The van der Waals surface area contributed by atoms with Crippen molar-refractivity contribution in [3.05, 3.63) is 96.3 Å². The lowest BCUT2D eigenvalue weighted by Gasteiger charge is -2.32. The first-order valence-corrected chi connectivity index (χ1v) is 17.4. The molecule has 0 saturated carbocycles. The van der Waals surface area contributed by atoms with E-state index in [1.807, 2.05) is 4.90 Å². The minimum atomic E-state index is 0.523. The van der Waals surface area contributed by atoms with Crippen LogP contribution in [-0.4, -0.2) is 94.1 Å². The van der Waals surface area contributed by atoms with Crippen molar-refractivity contribution in [3.63, 3.8) is 0 Å². The van der Waals surface area contributed by atoms with Crippen molar-refractivity contribution in [2.75, 3.05) is 76.0 Å². The number of guanidine groups is 1. The number of allylic oxidation sites excluding steroid dienone is 2. The second-order valence-corrected chi connectivity index (χ2v) is 14.5. The summed E-state index contributed by atoms with van der Waals surface area (Å²) in [7, 11) is 16.6. The highest BCUT2D eigenvalue weighted by Gasteiger charge is 2.34. The van der Waals surface area contributed by atoms with Crippen LogP contribution in [-0.2, 0) is 0 Å². The van der Waals surface area contributed by atoms with Crippen LogP contribution in [0.5, 0.6) is 0 Å². The summed E-state index contributed by atoms with van der Waals surface area (Å²) in [6.07, 6.45) is 4.14. The maximum atomic E-state index is 5.23. The van der Waals surface area contributed by atoms with Crippen LogP contribution in [0.15, 0.2) is 116 Å². The van der Waals surface area contributed by atoms with Gasteiger partial charge in [-0.05, 0) is 97.4 Å². The molecule has 11 heteroatoms. The third-order valence-electron chi connectivity index (χ3n) is 10.1. The van der Waals surface area contributed by atoms with Gasteiger partial charge in [-0.2, -0.15) is 20.0 Å². The SMILES string of the molecule is CC1=CC2=NC(n3c4ccc(N(C)C)cc4c4cc(N(C)C)ccc43)=NC3=NC(n4c5ccc(N(C)C)cc5c5cc(N(C)C)ccc54)=NC(=C1)N23. The summed E-state index contributed by atoms with van der Waals surface area (Å²) >= 11 is 0. The van der Waals surface area contributed by atoms with Crippen LogP contribution in [0.25, 0.3) is 43.6 Å². The summed E-state index contributed by atoms with van der Waals surface area (Å²) in [6.45, 7) is 2.08. The van der Waals surface area contributed by atoms with Gasteiger partial charge in [-0.25, -0.2) is 4.90 Å². The molecule has 260 valence electrons. The van der Waals surface area contributed by atoms with E-state index in [1.165, 1.54) is 0 Å². The summed E-state index contributed by atoms with van der Waals surface area (Å²) in [4.78, 5) is 31.3. The number of amidine groups is 1. The zero-order valence-electron chi connectivity index (χ0n) is 31.0. The highest BCUT2D eigenvalue weighted by atomic mass is 15.5. The molecule has 0 spiro atoms. The van der Waals surface area contributed by atoms with Crippen LogP contribution in [0.1, 0.15) is 6.92 Å². The van der Waals surface area contributed by atoms with Gasteiger partial charge in [0.05, 0.1) is 22.1 Å². The molecule has 4 aromatic carbocycles. The first-order valence-electron chi connectivity index (χ1n) is 17.4. The second kappa shape index (κ2) is 11.3. The Kier molecular flexibility index (Phi) is 6.88. The van der Waals surface area contributed by atoms with Crippen LogP contribution in [0.3, 0.4) is 0 Å². The van der Waals surface area contributed by atoms with Crippen LogP contribution >= 0.6 is 0 Å². The quantitative estimate of drug-likeness (QED) is 0.197. The predicted molar refractivity (Wildman–Crippen MR) is 220 cm³/mol. The summed E-state index contributed by atoms with van der Waals surface area (Å²) < 4.78 is 4.32. The highest BCUT2D eigenvalue weighted by molar-refractivity contribution is 6.25. The van der Waals surface area contributed by atoms with Crippen molar-refractivity contribution < 1.29 is 0 Å². The Morgan fingerprint density at radius 1 is 0.423 bits per heavy atom. The van der Waals surface area contributed by atoms with Crippen molar-refractivity contribution >= 4 is 90.1 Å². The van der Waals surface area contributed by atoms with Crippen molar-refractivity contribution in [3.8, 4) is 0 Å². The van der Waals surface area contributed by atoms with E-state index in [1.54, 1.807) is 0 Å². The number of rotatable bonds is 4. The maximum absolute atomic E-state index is 5.23. The van der Waals surface area contributed by atoms with Crippen LogP contribution in [0.4, 0.5) is 22.7 Å². The molecule has 0 bridgehead atoms. The number of nitrogens with zero attached hydrogens (tertiary/aromatic N) is 11. The summed E-state index contributed by atoms with van der Waals surface area (Å²) in [6, 6.07) is 26.2. The molecule has 2 aromatic heterocycles. The Labute approximate surface area is 302 Å². The number of fused-ring (bicyclic) bond motifs is 6. The molecule has 11 nitrogen and oxygen atoms in total. The van der Waals surface area contributed by atoms with Gasteiger partial charge in [0.2, 0.25) is 17.9 Å². The first kappa shape index (κ1) is 31.6. The van der Waals surface area contributed by atoms with Crippen molar-refractivity contribution in [1.82, 2.24) is 14.0 Å². The fourth-order valence-electron chi connectivity index (χ4n) is 7.37. The highest BCUT2D eigenvalue weighted by Crippen LogP contribution is 2.38. The van der Waals surface area contributed by atoms with Gasteiger partial charge in [0.15, 0.2) is 0 Å². The van der Waals surface area contributed by atoms with E-state index in [2.05, 4.69) is 177 Å². The van der Waals surface area contributed by atoms with Gasteiger partial charge >= 0.3 is 0 Å². The van der Waals surface area contributed by atoms with E-state index in [4.69, 9.17) is 20.0 Å². The molecule has 5 heterocycles. The molecule has 6 aromatic rings. The molecule has 0 atom stereocenters. The Balaban J connectivity index is 1.29. The average Bonchev–Trinajstić information content (AvgIpc) is 3.62. The molecule has 3 aliphatic rings. The fourth-order valence-corrected chi connectivity index (χ4v) is 7.37. The summed E-state index contributed by atoms with van der Waals surface area (Å²) in [5.74, 6) is 3.11. The van der Waals surface area contributed by atoms with Gasteiger partial charge < -0.3 is 19.6 Å². The molecular weight excluding hydrogens is 647 g/mol. The number of aromatic nitrogens is 2. The Bertz CT molecular complexity index is 2440. The molecule has 52 heavy (non-hydrogen) atoms. The van der Waals surface area contributed by atoms with Crippen molar-refractivity contribution in [1.29, 1.82) is 0 Å². The Morgan fingerprint density at radius 2 is 0.788 bits per heavy atom. The van der Waals surface area contributed by atoms with E-state index in [-0.39, 0.29) is 0 Å². The first-order chi connectivity index (χ1) is 25.0. The Morgan fingerprint density at radius 3 is 1.17 bits per heavy atom. The van der Waals surface area contributed by atoms with Crippen molar-refractivity contribution in [2.24, 2.45) is 20.0 Å². The van der Waals surface area contributed by atoms with E-state index in [0.29, 0.717) is 17.9 Å². The smallest absolute Gasteiger partial charge is 0.243 e. The normalized spacial score (nSPS) is 15.3. The van der Waals surface area contributed by atoms with Gasteiger partial charge in [0.25, 0.3) is 0 Å². The minimum Gasteiger partial charge on any atom is -0.378 e. The van der Waals surface area contributed by atoms with E-state index < -0.39 is 0 Å². The molecule has 9 rings (SSSR count). The third kappa shape index (κ3) is 4.72. The number of benzene rings is 4. The largest absolute Gasteiger partial charge is 0.378 e. The molecule has 3 aliphatic heterocycles. The standard InChI is InChI=1S/C41H41N11/c1-24-18-37-42-39(50-33-14-10-25(46(2)3)20-29(33)30-21-26(47(4)5)11-15-34(30)50)44-41-45-40(43-38(19-24)52(37)41)51-35-16-12-27(48(6)7)22-31(35)32-23-28(49(8)9)13-17-36(32)51/h10-23H,1-9H3. The Hall–Kier alpha value is -6.36. The lowest BCUT2D eigenvalue weighted by molar-refractivity contribution is 0.701. The van der Waals surface area contributed by atoms with Gasteiger partial charge in [-0.1, -0.05) is 0 Å². The number of aliphatic imine (C=N–C) groups is 4. The molecule has 0 fully saturated rings. The molecule has 0 saturated heterocycles. The predicted octanol–water partition coefficient (Wildman–Crippen LogP) is 7.16. The zero-order chi connectivity index (χ0) is 36.2. The number of hydrogen-bond donors (Lipinski definition) is 0. The second-order valence-electron chi connectivity index (χ2n) is 14.5. The number of hydrogen-bond acceptors (Lipinski definition) is 9. The van der Waals surface area contributed by atoms with Gasteiger partial charge in [0, 0.05) is 101 Å². The summed E-state index contributed by atoms with van der Waals surface area (Å²) in [5.41, 5.74) is 9.69. The third-order valence-corrected chi connectivity index (χ3v) is 10.1. The van der Waals surface area contributed by atoms with Crippen LogP contribution in [0.2, 0.25) is 0 Å². The molecule has 0 amide bonds. The zero-order valence-corrected chi connectivity index (χ0v) is 31.0. The average molecular weight is 688 g/mol. The summed E-state index contributed by atoms with van der Waals surface area (Å²) in [5, 5.41) is 4.55. The van der Waals surface area contributed by atoms with E-state index in [9.17, 15) is 0 Å². The monoisotopic (exact) mass is 687 g/mol. The minimum absolute atomic E-state index is 0.523. The van der Waals surface area contributed by atoms with Crippen LogP contribution < -0.4 is 19.6 Å². The maximum Gasteiger partial charge on any atom is 0.243 e. The van der Waals surface area contributed by atoms with Gasteiger partial charge in [-0.3, -0.25) is 9.13 Å².